The molecule has 1 heterocycles. The Morgan fingerprint density at radius 2 is 1.81 bits per heavy atom. The highest BCUT2D eigenvalue weighted by Gasteiger charge is 2.17. The monoisotopic (exact) mass is 369 g/mol. The van der Waals surface area contributed by atoms with Crippen LogP contribution in [-0.4, -0.2) is 24.9 Å². The third-order valence-electron chi connectivity index (χ3n) is 4.83. The molecule has 0 radical (unpaired) electrons. The summed E-state index contributed by atoms with van der Waals surface area (Å²) in [6.45, 7) is 1.82. The highest BCUT2D eigenvalue weighted by Crippen LogP contribution is 2.30. The number of carbonyl (C=O) groups excluding carboxylic acids is 2. The Labute approximate surface area is 158 Å². The first kappa shape index (κ1) is 18.9. The zero-order valence-corrected chi connectivity index (χ0v) is 15.2. The van der Waals surface area contributed by atoms with E-state index in [1.165, 1.54) is 12.5 Å². The lowest BCUT2D eigenvalue weighted by atomic mass is 10.1. The molecule has 3 N–H and O–H groups in total. The minimum atomic E-state index is -0.540. The fraction of sp³-hybridized carbons (Fsp3) is 0.333. The number of carbonyl (C=O) groups is 2. The topological polar surface area (TPSA) is 75.4 Å². The normalized spacial score (nSPS) is 14.0. The minimum absolute atomic E-state index is 0.154. The molecule has 0 spiro atoms. The zero-order valence-electron chi connectivity index (χ0n) is 15.2. The lowest BCUT2D eigenvalue weighted by molar-refractivity contribution is -0.116. The molecule has 3 rings (SSSR count). The Hall–Kier alpha value is -2.89. The summed E-state index contributed by atoms with van der Waals surface area (Å²) in [6.07, 6.45) is 3.85. The first-order chi connectivity index (χ1) is 13.0. The molecule has 1 saturated heterocycles. The Bertz CT molecular complexity index is 832. The summed E-state index contributed by atoms with van der Waals surface area (Å²) >= 11 is 0. The standard InChI is InChI=1S/C21H24FN3O2/c22-17-7-3-2-6-15(17)9-11-20(26)24-18-14-16(21(23)27)8-10-19(18)25-12-4-1-5-13-25/h2-3,6-8,10,14H,1,4-5,9,11-13H2,(H2,23,27)(H,24,26). The number of hydrogen-bond acceptors (Lipinski definition) is 3. The molecule has 0 bridgehead atoms. The Morgan fingerprint density at radius 1 is 1.07 bits per heavy atom. The van der Waals surface area contributed by atoms with E-state index in [-0.39, 0.29) is 18.1 Å². The molecule has 27 heavy (non-hydrogen) atoms. The summed E-state index contributed by atoms with van der Waals surface area (Å²) in [4.78, 5) is 26.2. The fourth-order valence-corrected chi connectivity index (χ4v) is 3.36. The maximum Gasteiger partial charge on any atom is 0.248 e. The van der Waals surface area contributed by atoms with E-state index in [0.717, 1.165) is 31.6 Å². The van der Waals surface area contributed by atoms with Gasteiger partial charge >= 0.3 is 0 Å². The van der Waals surface area contributed by atoms with Gasteiger partial charge in [-0.3, -0.25) is 9.59 Å². The number of rotatable bonds is 6. The van der Waals surface area contributed by atoms with Crippen LogP contribution in [0.5, 0.6) is 0 Å². The van der Waals surface area contributed by atoms with Crippen molar-refractivity contribution >= 4 is 23.2 Å². The molecule has 2 aromatic rings. The lowest BCUT2D eigenvalue weighted by Crippen LogP contribution is -2.30. The number of primary amides is 1. The summed E-state index contributed by atoms with van der Waals surface area (Å²) in [5.41, 5.74) is 7.71. The average Bonchev–Trinajstić information content (AvgIpc) is 2.68. The number of anilines is 2. The van der Waals surface area contributed by atoms with Crippen LogP contribution in [0, 0.1) is 5.82 Å². The Kier molecular flexibility index (Phi) is 6.06. The maximum absolute atomic E-state index is 13.7. The molecule has 0 atom stereocenters. The SMILES string of the molecule is NC(=O)c1ccc(N2CCCCC2)c(NC(=O)CCc2ccccc2F)c1. The van der Waals surface area contributed by atoms with Gasteiger partial charge < -0.3 is 16.0 Å². The zero-order chi connectivity index (χ0) is 19.2. The van der Waals surface area contributed by atoms with Crippen LogP contribution in [0.4, 0.5) is 15.8 Å². The van der Waals surface area contributed by atoms with E-state index in [4.69, 9.17) is 5.73 Å². The van der Waals surface area contributed by atoms with Gasteiger partial charge in [0.15, 0.2) is 0 Å². The second kappa shape index (κ2) is 8.66. The number of hydrogen-bond donors (Lipinski definition) is 2. The van der Waals surface area contributed by atoms with Crippen LogP contribution in [0.3, 0.4) is 0 Å². The number of amides is 2. The molecule has 2 amide bonds. The molecule has 5 nitrogen and oxygen atoms in total. The molecule has 1 aliphatic heterocycles. The Morgan fingerprint density at radius 3 is 2.52 bits per heavy atom. The largest absolute Gasteiger partial charge is 0.370 e. The van der Waals surface area contributed by atoms with E-state index >= 15 is 0 Å². The molecular weight excluding hydrogens is 345 g/mol. The lowest BCUT2D eigenvalue weighted by Gasteiger charge is -2.30. The maximum atomic E-state index is 13.7. The van der Waals surface area contributed by atoms with E-state index in [1.807, 2.05) is 6.07 Å². The predicted octanol–water partition coefficient (Wildman–Crippen LogP) is 3.49. The summed E-state index contributed by atoms with van der Waals surface area (Å²) in [5, 5.41) is 2.88. The molecule has 2 aromatic carbocycles. The number of halogens is 1. The van der Waals surface area contributed by atoms with Crippen molar-refractivity contribution in [3.05, 3.63) is 59.4 Å². The van der Waals surface area contributed by atoms with Crippen LogP contribution in [-0.2, 0) is 11.2 Å². The fourth-order valence-electron chi connectivity index (χ4n) is 3.36. The molecule has 1 fully saturated rings. The van der Waals surface area contributed by atoms with Crippen molar-refractivity contribution in [3.63, 3.8) is 0 Å². The van der Waals surface area contributed by atoms with E-state index in [1.54, 1.807) is 30.3 Å². The second-order valence-corrected chi connectivity index (χ2v) is 6.78. The van der Waals surface area contributed by atoms with Gasteiger partial charge in [0.25, 0.3) is 0 Å². The third kappa shape index (κ3) is 4.84. The smallest absolute Gasteiger partial charge is 0.248 e. The number of piperidine rings is 1. The van der Waals surface area contributed by atoms with Crippen LogP contribution in [0.25, 0.3) is 0 Å². The van der Waals surface area contributed by atoms with E-state index in [0.29, 0.717) is 23.2 Å². The molecular formula is C21H24FN3O2. The molecule has 0 saturated carbocycles. The molecule has 0 unspecified atom stereocenters. The third-order valence-corrected chi connectivity index (χ3v) is 4.83. The summed E-state index contributed by atoms with van der Waals surface area (Å²) in [5.74, 6) is -1.07. The van der Waals surface area contributed by atoms with Crippen LogP contribution in [0.15, 0.2) is 42.5 Å². The van der Waals surface area contributed by atoms with Gasteiger partial charge in [-0.25, -0.2) is 4.39 Å². The molecule has 1 aliphatic rings. The van der Waals surface area contributed by atoms with Crippen molar-refractivity contribution < 1.29 is 14.0 Å². The van der Waals surface area contributed by atoms with Gasteiger partial charge in [0.1, 0.15) is 5.82 Å². The first-order valence-electron chi connectivity index (χ1n) is 9.26. The second-order valence-electron chi connectivity index (χ2n) is 6.78. The predicted molar refractivity (Wildman–Crippen MR) is 104 cm³/mol. The molecule has 0 aliphatic carbocycles. The van der Waals surface area contributed by atoms with Gasteiger partial charge in [0, 0.05) is 25.1 Å². The number of nitrogens with two attached hydrogens (primary N) is 1. The summed E-state index contributed by atoms with van der Waals surface area (Å²) < 4.78 is 13.7. The van der Waals surface area contributed by atoms with Crippen molar-refractivity contribution in [2.75, 3.05) is 23.3 Å². The first-order valence-corrected chi connectivity index (χ1v) is 9.26. The van der Waals surface area contributed by atoms with Gasteiger partial charge in [0.05, 0.1) is 11.4 Å². The van der Waals surface area contributed by atoms with Crippen molar-refractivity contribution in [1.82, 2.24) is 0 Å². The van der Waals surface area contributed by atoms with Crippen molar-refractivity contribution in [2.24, 2.45) is 5.73 Å². The molecule has 142 valence electrons. The van der Waals surface area contributed by atoms with Gasteiger partial charge in [-0.1, -0.05) is 18.2 Å². The van der Waals surface area contributed by atoms with E-state index in [2.05, 4.69) is 10.2 Å². The summed E-state index contributed by atoms with van der Waals surface area (Å²) in [6, 6.07) is 11.6. The number of nitrogens with zero attached hydrogens (tertiary/aromatic N) is 1. The van der Waals surface area contributed by atoms with E-state index in [9.17, 15) is 14.0 Å². The van der Waals surface area contributed by atoms with Crippen LogP contribution in [0.1, 0.15) is 41.6 Å². The van der Waals surface area contributed by atoms with E-state index < -0.39 is 5.91 Å². The number of aryl methyl sites for hydroxylation is 1. The number of benzene rings is 2. The minimum Gasteiger partial charge on any atom is -0.370 e. The quantitative estimate of drug-likeness (QED) is 0.818. The van der Waals surface area contributed by atoms with Crippen LogP contribution >= 0.6 is 0 Å². The van der Waals surface area contributed by atoms with Gasteiger partial charge in [0.2, 0.25) is 11.8 Å². The van der Waals surface area contributed by atoms with Crippen molar-refractivity contribution in [1.29, 1.82) is 0 Å². The van der Waals surface area contributed by atoms with Gasteiger partial charge in [-0.15, -0.1) is 0 Å². The molecule has 6 heteroatoms. The highest BCUT2D eigenvalue weighted by atomic mass is 19.1. The molecule has 0 aromatic heterocycles. The van der Waals surface area contributed by atoms with Crippen LogP contribution < -0.4 is 16.0 Å². The Balaban J connectivity index is 1.74. The average molecular weight is 369 g/mol. The van der Waals surface area contributed by atoms with Crippen molar-refractivity contribution in [3.8, 4) is 0 Å². The highest BCUT2D eigenvalue weighted by molar-refractivity contribution is 5.99. The van der Waals surface area contributed by atoms with Crippen LogP contribution in [0.2, 0.25) is 0 Å². The van der Waals surface area contributed by atoms with Crippen molar-refractivity contribution in [2.45, 2.75) is 32.1 Å². The number of nitrogens with one attached hydrogen (secondary N) is 1. The van der Waals surface area contributed by atoms with Gasteiger partial charge in [-0.05, 0) is 55.5 Å². The van der Waals surface area contributed by atoms with Gasteiger partial charge in [-0.2, -0.15) is 0 Å². The summed E-state index contributed by atoms with van der Waals surface area (Å²) in [7, 11) is 0.